The molecule has 1 fully saturated rings. The van der Waals surface area contributed by atoms with Gasteiger partial charge in [0.25, 0.3) is 0 Å². The van der Waals surface area contributed by atoms with Crippen molar-refractivity contribution in [1.82, 2.24) is 14.7 Å². The largest absolute Gasteiger partial charge is 0.295 e. The molecular formula is C10H16BrN3. The number of nitrogens with zero attached hydrogens (tertiary/aromatic N) is 3. The zero-order chi connectivity index (χ0) is 10.1. The molecule has 2 heterocycles. The summed E-state index contributed by atoms with van der Waals surface area (Å²) in [5.41, 5.74) is 1.15. The number of likely N-dealkylation sites (tertiary alicyclic amines) is 1. The topological polar surface area (TPSA) is 21.1 Å². The van der Waals surface area contributed by atoms with Crippen LogP contribution in [0.5, 0.6) is 0 Å². The van der Waals surface area contributed by atoms with Gasteiger partial charge in [-0.15, -0.1) is 0 Å². The number of aromatic nitrogens is 2. The molecule has 0 aliphatic carbocycles. The molecule has 1 aromatic rings. The first-order valence-corrected chi connectivity index (χ1v) is 5.88. The van der Waals surface area contributed by atoms with Crippen molar-refractivity contribution in [2.45, 2.75) is 32.4 Å². The molecule has 0 saturated carbocycles. The second-order valence-electron chi connectivity index (χ2n) is 4.06. The maximum absolute atomic E-state index is 4.44. The van der Waals surface area contributed by atoms with Crippen LogP contribution in [-0.2, 0) is 13.6 Å². The first-order chi connectivity index (χ1) is 6.66. The van der Waals surface area contributed by atoms with Gasteiger partial charge in [-0.25, -0.2) is 0 Å². The quantitative estimate of drug-likeness (QED) is 0.810. The van der Waals surface area contributed by atoms with Crippen molar-refractivity contribution in [2.24, 2.45) is 7.05 Å². The lowest BCUT2D eigenvalue weighted by Gasteiger charge is -2.19. The molecule has 0 amide bonds. The Kier molecular flexibility index (Phi) is 2.93. The smallest absolute Gasteiger partial charge is 0.0906 e. The molecule has 2 rings (SSSR count). The fourth-order valence-electron chi connectivity index (χ4n) is 2.03. The van der Waals surface area contributed by atoms with Gasteiger partial charge >= 0.3 is 0 Å². The molecular weight excluding hydrogens is 242 g/mol. The van der Waals surface area contributed by atoms with Crippen LogP contribution in [0, 0.1) is 0 Å². The van der Waals surface area contributed by atoms with Gasteiger partial charge in [-0.3, -0.25) is 9.58 Å². The summed E-state index contributed by atoms with van der Waals surface area (Å²) in [5.74, 6) is 0. The van der Waals surface area contributed by atoms with Gasteiger partial charge in [0, 0.05) is 25.8 Å². The standard InChI is InChI=1S/C10H16BrN3/c1-8-4-3-5-14(8)7-10-9(11)6-13(2)12-10/h6,8H,3-5,7H2,1-2H3. The van der Waals surface area contributed by atoms with Crippen LogP contribution in [0.3, 0.4) is 0 Å². The van der Waals surface area contributed by atoms with E-state index >= 15 is 0 Å². The highest BCUT2D eigenvalue weighted by atomic mass is 79.9. The number of aryl methyl sites for hydroxylation is 1. The molecule has 14 heavy (non-hydrogen) atoms. The molecule has 0 N–H and O–H groups in total. The fraction of sp³-hybridized carbons (Fsp3) is 0.700. The van der Waals surface area contributed by atoms with E-state index in [1.807, 2.05) is 17.9 Å². The van der Waals surface area contributed by atoms with E-state index in [-0.39, 0.29) is 0 Å². The van der Waals surface area contributed by atoms with E-state index in [1.165, 1.54) is 19.4 Å². The number of hydrogen-bond donors (Lipinski definition) is 0. The van der Waals surface area contributed by atoms with Crippen molar-refractivity contribution >= 4 is 15.9 Å². The zero-order valence-corrected chi connectivity index (χ0v) is 10.3. The molecule has 1 aliphatic heterocycles. The molecule has 1 aromatic heterocycles. The van der Waals surface area contributed by atoms with Gasteiger partial charge in [0.05, 0.1) is 10.2 Å². The van der Waals surface area contributed by atoms with Crippen LogP contribution in [0.15, 0.2) is 10.7 Å². The van der Waals surface area contributed by atoms with E-state index in [0.29, 0.717) is 6.04 Å². The van der Waals surface area contributed by atoms with Crippen molar-refractivity contribution in [1.29, 1.82) is 0 Å². The molecule has 78 valence electrons. The van der Waals surface area contributed by atoms with E-state index < -0.39 is 0 Å². The minimum atomic E-state index is 0.712. The molecule has 0 aromatic carbocycles. The monoisotopic (exact) mass is 257 g/mol. The Morgan fingerprint density at radius 1 is 1.64 bits per heavy atom. The average molecular weight is 258 g/mol. The lowest BCUT2D eigenvalue weighted by Crippen LogP contribution is -2.26. The van der Waals surface area contributed by atoms with Crippen LogP contribution in [0.1, 0.15) is 25.5 Å². The summed E-state index contributed by atoms with van der Waals surface area (Å²) in [6.07, 6.45) is 4.66. The normalized spacial score (nSPS) is 23.2. The van der Waals surface area contributed by atoms with Crippen LogP contribution >= 0.6 is 15.9 Å². The maximum atomic E-state index is 4.44. The third kappa shape index (κ3) is 2.01. The number of hydrogen-bond acceptors (Lipinski definition) is 2. The molecule has 1 saturated heterocycles. The SMILES string of the molecule is CC1CCCN1Cc1nn(C)cc1Br. The maximum Gasteiger partial charge on any atom is 0.0906 e. The van der Waals surface area contributed by atoms with Crippen LogP contribution in [0.25, 0.3) is 0 Å². The van der Waals surface area contributed by atoms with E-state index in [4.69, 9.17) is 0 Å². The van der Waals surface area contributed by atoms with Gasteiger partial charge in [-0.2, -0.15) is 5.10 Å². The lowest BCUT2D eigenvalue weighted by molar-refractivity contribution is 0.256. The van der Waals surface area contributed by atoms with E-state index in [2.05, 4.69) is 32.9 Å². The van der Waals surface area contributed by atoms with Crippen molar-refractivity contribution < 1.29 is 0 Å². The summed E-state index contributed by atoms with van der Waals surface area (Å²) in [5, 5.41) is 4.44. The van der Waals surface area contributed by atoms with Gasteiger partial charge in [0.15, 0.2) is 0 Å². The van der Waals surface area contributed by atoms with Gasteiger partial charge in [-0.1, -0.05) is 0 Å². The molecule has 3 nitrogen and oxygen atoms in total. The lowest BCUT2D eigenvalue weighted by atomic mass is 10.2. The minimum Gasteiger partial charge on any atom is -0.295 e. The molecule has 0 bridgehead atoms. The van der Waals surface area contributed by atoms with Crippen LogP contribution < -0.4 is 0 Å². The molecule has 4 heteroatoms. The first-order valence-electron chi connectivity index (χ1n) is 5.09. The number of rotatable bonds is 2. The van der Waals surface area contributed by atoms with Gasteiger partial charge in [0.2, 0.25) is 0 Å². The van der Waals surface area contributed by atoms with Gasteiger partial charge in [-0.05, 0) is 42.2 Å². The summed E-state index contributed by atoms with van der Waals surface area (Å²) in [6.45, 7) is 4.48. The minimum absolute atomic E-state index is 0.712. The molecule has 1 aliphatic rings. The third-order valence-electron chi connectivity index (χ3n) is 2.90. The number of halogens is 1. The average Bonchev–Trinajstić information content (AvgIpc) is 2.62. The third-order valence-corrected chi connectivity index (χ3v) is 3.56. The zero-order valence-electron chi connectivity index (χ0n) is 8.70. The molecule has 1 atom stereocenters. The predicted molar refractivity (Wildman–Crippen MR) is 60.0 cm³/mol. The van der Waals surface area contributed by atoms with E-state index in [1.54, 1.807) is 0 Å². The van der Waals surface area contributed by atoms with E-state index in [0.717, 1.165) is 16.7 Å². The van der Waals surface area contributed by atoms with Crippen LogP contribution in [-0.4, -0.2) is 27.3 Å². The van der Waals surface area contributed by atoms with Crippen molar-refractivity contribution in [3.63, 3.8) is 0 Å². The fourth-order valence-corrected chi connectivity index (χ4v) is 2.53. The van der Waals surface area contributed by atoms with Gasteiger partial charge in [0.1, 0.15) is 0 Å². The Balaban J connectivity index is 2.06. The van der Waals surface area contributed by atoms with Crippen LogP contribution in [0.2, 0.25) is 0 Å². The summed E-state index contributed by atoms with van der Waals surface area (Å²) in [7, 11) is 1.96. The second-order valence-corrected chi connectivity index (χ2v) is 4.91. The van der Waals surface area contributed by atoms with Gasteiger partial charge < -0.3 is 0 Å². The van der Waals surface area contributed by atoms with Crippen molar-refractivity contribution in [3.8, 4) is 0 Å². The Labute approximate surface area is 93.2 Å². The predicted octanol–water partition coefficient (Wildman–Crippen LogP) is 2.17. The molecule has 0 radical (unpaired) electrons. The highest BCUT2D eigenvalue weighted by Crippen LogP contribution is 2.22. The summed E-state index contributed by atoms with van der Waals surface area (Å²) >= 11 is 3.53. The first kappa shape index (κ1) is 10.2. The highest BCUT2D eigenvalue weighted by molar-refractivity contribution is 9.10. The Hall–Kier alpha value is -0.350. The second kappa shape index (κ2) is 4.03. The summed E-state index contributed by atoms with van der Waals surface area (Å²) in [6, 6.07) is 0.712. The summed E-state index contributed by atoms with van der Waals surface area (Å²) in [4.78, 5) is 2.49. The Bertz CT molecular complexity index is 321. The molecule has 1 unspecified atom stereocenters. The van der Waals surface area contributed by atoms with Crippen LogP contribution in [0.4, 0.5) is 0 Å². The Morgan fingerprint density at radius 3 is 2.93 bits per heavy atom. The highest BCUT2D eigenvalue weighted by Gasteiger charge is 2.21. The molecule has 0 spiro atoms. The van der Waals surface area contributed by atoms with Crippen molar-refractivity contribution in [3.05, 3.63) is 16.4 Å². The summed E-state index contributed by atoms with van der Waals surface area (Å²) < 4.78 is 2.99. The Morgan fingerprint density at radius 2 is 2.43 bits per heavy atom. The van der Waals surface area contributed by atoms with Crippen molar-refractivity contribution in [2.75, 3.05) is 6.54 Å². The van der Waals surface area contributed by atoms with E-state index in [9.17, 15) is 0 Å².